The number of thioether (sulfide) groups is 1. The molecule has 0 aliphatic heterocycles. The summed E-state index contributed by atoms with van der Waals surface area (Å²) >= 11 is 2.72. The fraction of sp³-hybridized carbons (Fsp3) is 0.111. The van der Waals surface area contributed by atoms with Gasteiger partial charge in [0.25, 0.3) is 5.56 Å². The van der Waals surface area contributed by atoms with Crippen LogP contribution < -0.4 is 10.9 Å². The van der Waals surface area contributed by atoms with Crippen LogP contribution in [0.25, 0.3) is 0 Å². The third kappa shape index (κ3) is 4.96. The summed E-state index contributed by atoms with van der Waals surface area (Å²) in [7, 11) is 0. The van der Waals surface area contributed by atoms with Gasteiger partial charge in [0.15, 0.2) is 5.16 Å². The second-order valence-corrected chi connectivity index (χ2v) is 7.37. The maximum atomic E-state index is 12.3. The van der Waals surface area contributed by atoms with Gasteiger partial charge in [0.05, 0.1) is 11.4 Å². The molecule has 6 nitrogen and oxygen atoms in total. The summed E-state index contributed by atoms with van der Waals surface area (Å²) in [6.45, 7) is 1.58. The van der Waals surface area contributed by atoms with Gasteiger partial charge in [0.1, 0.15) is 5.69 Å². The molecule has 0 spiro atoms. The lowest BCUT2D eigenvalue weighted by molar-refractivity contribution is -0.113. The van der Waals surface area contributed by atoms with Crippen LogP contribution in [0.4, 0.5) is 5.69 Å². The number of anilines is 1. The molecule has 0 aliphatic rings. The Hall–Kier alpha value is -2.58. The van der Waals surface area contributed by atoms with Crippen LogP contribution in [-0.4, -0.2) is 26.8 Å². The fourth-order valence-electron chi connectivity index (χ4n) is 2.04. The van der Waals surface area contributed by atoms with E-state index in [0.717, 1.165) is 27.2 Å². The molecule has 1 heterocycles. The molecule has 0 unspecified atom stereocenters. The lowest BCUT2D eigenvalue weighted by Gasteiger charge is -2.10. The van der Waals surface area contributed by atoms with Crippen LogP contribution in [0.15, 0.2) is 74.3 Å². The summed E-state index contributed by atoms with van der Waals surface area (Å²) in [6.07, 6.45) is 0. The van der Waals surface area contributed by atoms with Gasteiger partial charge in [-0.2, -0.15) is 0 Å². The van der Waals surface area contributed by atoms with E-state index in [2.05, 4.69) is 20.5 Å². The van der Waals surface area contributed by atoms with E-state index in [4.69, 9.17) is 0 Å². The smallest absolute Gasteiger partial charge is 0.273 e. The van der Waals surface area contributed by atoms with Crippen molar-refractivity contribution >= 4 is 35.1 Å². The number of aromatic nitrogens is 3. The maximum absolute atomic E-state index is 12.3. The minimum atomic E-state index is -0.299. The number of hydrogen-bond donors (Lipinski definition) is 2. The lowest BCUT2D eigenvalue weighted by Crippen LogP contribution is -2.17. The topological polar surface area (TPSA) is 87.7 Å². The van der Waals surface area contributed by atoms with Gasteiger partial charge in [-0.05, 0) is 31.2 Å². The van der Waals surface area contributed by atoms with E-state index in [1.165, 1.54) is 0 Å². The van der Waals surface area contributed by atoms with Gasteiger partial charge in [-0.1, -0.05) is 53.9 Å². The standard InChI is InChI=1S/C18H16N4O2S2/c1-12-17(24)20-18(22-21-12)25-11-16(23)19-14-9-5-6-10-15(14)26-13-7-3-2-4-8-13/h2-10H,11H2,1H3,(H,19,23)(H,20,22,24). The largest absolute Gasteiger partial charge is 0.324 e. The summed E-state index contributed by atoms with van der Waals surface area (Å²) in [5, 5.41) is 10.8. The van der Waals surface area contributed by atoms with Crippen molar-refractivity contribution in [1.29, 1.82) is 0 Å². The Bertz CT molecular complexity index is 961. The lowest BCUT2D eigenvalue weighted by atomic mass is 10.3. The van der Waals surface area contributed by atoms with Crippen LogP contribution in [0.5, 0.6) is 0 Å². The van der Waals surface area contributed by atoms with Gasteiger partial charge in [-0.3, -0.25) is 14.6 Å². The number of aromatic amines is 1. The number of nitrogens with zero attached hydrogens (tertiary/aromatic N) is 2. The molecule has 3 rings (SSSR count). The first-order chi connectivity index (χ1) is 12.6. The molecule has 1 aromatic heterocycles. The molecule has 0 fully saturated rings. The number of carbonyl (C=O) groups excluding carboxylic acids is 1. The predicted octanol–water partition coefficient (Wildman–Crippen LogP) is 3.36. The highest BCUT2D eigenvalue weighted by atomic mass is 32.2. The quantitative estimate of drug-likeness (QED) is 0.634. The van der Waals surface area contributed by atoms with E-state index < -0.39 is 0 Å². The minimum absolute atomic E-state index is 0.123. The molecule has 26 heavy (non-hydrogen) atoms. The fourth-order valence-corrected chi connectivity index (χ4v) is 3.56. The Kier molecular flexibility index (Phi) is 6.08. The van der Waals surface area contributed by atoms with Crippen molar-refractivity contribution in [3.8, 4) is 0 Å². The second kappa shape index (κ2) is 8.68. The summed E-state index contributed by atoms with van der Waals surface area (Å²) in [5.41, 5.74) is 0.744. The van der Waals surface area contributed by atoms with Crippen molar-refractivity contribution in [3.05, 3.63) is 70.6 Å². The highest BCUT2D eigenvalue weighted by Gasteiger charge is 2.10. The zero-order valence-corrected chi connectivity index (χ0v) is 15.6. The molecule has 3 aromatic rings. The number of carbonyl (C=O) groups is 1. The molecule has 0 bridgehead atoms. The molecular formula is C18H16N4O2S2. The van der Waals surface area contributed by atoms with Crippen LogP contribution in [-0.2, 0) is 4.79 Å². The first kappa shape index (κ1) is 18.2. The van der Waals surface area contributed by atoms with Gasteiger partial charge < -0.3 is 5.32 Å². The Morgan fingerprint density at radius 3 is 2.58 bits per heavy atom. The van der Waals surface area contributed by atoms with E-state index in [-0.39, 0.29) is 17.2 Å². The molecule has 0 radical (unpaired) electrons. The minimum Gasteiger partial charge on any atom is -0.324 e. The molecule has 132 valence electrons. The number of rotatable bonds is 6. The third-order valence-corrected chi connectivity index (χ3v) is 5.26. The van der Waals surface area contributed by atoms with E-state index >= 15 is 0 Å². The monoisotopic (exact) mass is 384 g/mol. The van der Waals surface area contributed by atoms with E-state index in [0.29, 0.717) is 10.9 Å². The Labute approximate surface area is 158 Å². The van der Waals surface area contributed by atoms with Crippen LogP contribution in [0.1, 0.15) is 5.69 Å². The summed E-state index contributed by atoms with van der Waals surface area (Å²) in [5.74, 6) is -0.0581. The summed E-state index contributed by atoms with van der Waals surface area (Å²) in [4.78, 5) is 28.4. The van der Waals surface area contributed by atoms with Crippen molar-refractivity contribution in [2.45, 2.75) is 21.9 Å². The molecule has 0 saturated carbocycles. The number of nitrogens with one attached hydrogen (secondary N) is 2. The Balaban J connectivity index is 1.64. The second-order valence-electron chi connectivity index (χ2n) is 5.29. The number of hydrogen-bond acceptors (Lipinski definition) is 6. The van der Waals surface area contributed by atoms with Crippen molar-refractivity contribution in [1.82, 2.24) is 15.2 Å². The molecule has 0 atom stereocenters. The van der Waals surface area contributed by atoms with Gasteiger partial charge in [-0.25, -0.2) is 0 Å². The molecule has 1 amide bonds. The van der Waals surface area contributed by atoms with E-state index in [1.807, 2.05) is 54.6 Å². The van der Waals surface area contributed by atoms with Crippen LogP contribution in [0.2, 0.25) is 0 Å². The number of benzene rings is 2. The van der Waals surface area contributed by atoms with Crippen molar-refractivity contribution in [2.75, 3.05) is 11.1 Å². The zero-order chi connectivity index (χ0) is 18.4. The molecule has 2 N–H and O–H groups in total. The molecular weight excluding hydrogens is 368 g/mol. The SMILES string of the molecule is Cc1nnc(SCC(=O)Nc2ccccc2Sc2ccccc2)[nH]c1=O. The zero-order valence-electron chi connectivity index (χ0n) is 13.9. The number of aryl methyl sites for hydroxylation is 1. The number of H-pyrrole nitrogens is 1. The maximum Gasteiger partial charge on any atom is 0.273 e. The van der Waals surface area contributed by atoms with Crippen molar-refractivity contribution < 1.29 is 4.79 Å². The van der Waals surface area contributed by atoms with Gasteiger partial charge in [0, 0.05) is 9.79 Å². The summed E-state index contributed by atoms with van der Waals surface area (Å²) < 4.78 is 0. The van der Waals surface area contributed by atoms with Crippen LogP contribution in [0.3, 0.4) is 0 Å². The first-order valence-corrected chi connectivity index (χ1v) is 9.60. The number of para-hydroxylation sites is 1. The average Bonchev–Trinajstić information content (AvgIpc) is 2.65. The van der Waals surface area contributed by atoms with Crippen molar-refractivity contribution in [2.24, 2.45) is 0 Å². The molecule has 8 heteroatoms. The molecule has 0 aliphatic carbocycles. The van der Waals surface area contributed by atoms with Gasteiger partial charge in [0.2, 0.25) is 5.91 Å². The van der Waals surface area contributed by atoms with E-state index in [1.54, 1.807) is 18.7 Å². The number of amides is 1. The van der Waals surface area contributed by atoms with Gasteiger partial charge in [-0.15, -0.1) is 10.2 Å². The Morgan fingerprint density at radius 1 is 1.08 bits per heavy atom. The third-order valence-electron chi connectivity index (χ3n) is 3.31. The van der Waals surface area contributed by atoms with Crippen molar-refractivity contribution in [3.63, 3.8) is 0 Å². The predicted molar refractivity (Wildman–Crippen MR) is 104 cm³/mol. The van der Waals surface area contributed by atoms with Crippen LogP contribution in [0, 0.1) is 6.92 Å². The van der Waals surface area contributed by atoms with E-state index in [9.17, 15) is 9.59 Å². The normalized spacial score (nSPS) is 10.5. The highest BCUT2D eigenvalue weighted by molar-refractivity contribution is 8.00. The Morgan fingerprint density at radius 2 is 1.81 bits per heavy atom. The molecule has 2 aromatic carbocycles. The average molecular weight is 384 g/mol. The highest BCUT2D eigenvalue weighted by Crippen LogP contribution is 2.33. The first-order valence-electron chi connectivity index (χ1n) is 7.80. The van der Waals surface area contributed by atoms with Gasteiger partial charge >= 0.3 is 0 Å². The summed E-state index contributed by atoms with van der Waals surface area (Å²) in [6, 6.07) is 17.6. The van der Waals surface area contributed by atoms with Crippen LogP contribution >= 0.6 is 23.5 Å². The molecule has 0 saturated heterocycles.